The molecule has 0 bridgehead atoms. The predicted octanol–water partition coefficient (Wildman–Crippen LogP) is 1.11. The molecule has 2 aromatic rings. The van der Waals surface area contributed by atoms with Gasteiger partial charge < -0.3 is 20.3 Å². The van der Waals surface area contributed by atoms with Crippen LogP contribution in [0.3, 0.4) is 0 Å². The minimum absolute atomic E-state index is 0.108. The monoisotopic (exact) mass is 317 g/mol. The van der Waals surface area contributed by atoms with Crippen LogP contribution in [0.1, 0.15) is 23.2 Å². The summed E-state index contributed by atoms with van der Waals surface area (Å²) in [5, 5.41) is 22.3. The van der Waals surface area contributed by atoms with Gasteiger partial charge in [-0.25, -0.2) is 14.8 Å². The van der Waals surface area contributed by atoms with Crippen LogP contribution in [0.2, 0.25) is 0 Å². The molecule has 2 unspecified atom stereocenters. The lowest BCUT2D eigenvalue weighted by Gasteiger charge is -2.17. The fourth-order valence-corrected chi connectivity index (χ4v) is 1.86. The number of alkyl carbamates (subject to hydrolysis) is 1. The number of amides is 1. The van der Waals surface area contributed by atoms with Gasteiger partial charge in [0.15, 0.2) is 5.82 Å². The Kier molecular flexibility index (Phi) is 6.02. The van der Waals surface area contributed by atoms with E-state index in [1.807, 2.05) is 30.3 Å². The molecule has 0 fully saturated rings. The Morgan fingerprint density at radius 2 is 2.00 bits per heavy atom. The highest BCUT2D eigenvalue weighted by molar-refractivity contribution is 5.67. The third-order valence-electron chi connectivity index (χ3n) is 3.11. The number of ether oxygens (including phenoxy) is 1. The maximum atomic E-state index is 11.6. The number of aliphatic hydroxyl groups is 2. The molecule has 122 valence electrons. The standard InChI is InChI=1S/C16H19N3O4/c1-11-7-8-17-15(19-11)14(21)13(20)9-18-16(22)23-10-12-5-3-2-4-6-12/h2-8,13-14,20-21H,9-10H2,1H3,(H,18,22). The van der Waals surface area contributed by atoms with Crippen molar-refractivity contribution in [2.75, 3.05) is 6.54 Å². The van der Waals surface area contributed by atoms with Gasteiger partial charge in [-0.05, 0) is 18.6 Å². The highest BCUT2D eigenvalue weighted by atomic mass is 16.5. The van der Waals surface area contributed by atoms with Crippen LogP contribution in [-0.4, -0.2) is 38.9 Å². The van der Waals surface area contributed by atoms with Crippen LogP contribution in [0.4, 0.5) is 4.79 Å². The first-order chi connectivity index (χ1) is 11.1. The number of aliphatic hydroxyl groups excluding tert-OH is 2. The smallest absolute Gasteiger partial charge is 0.407 e. The van der Waals surface area contributed by atoms with Crippen molar-refractivity contribution in [2.45, 2.75) is 25.7 Å². The van der Waals surface area contributed by atoms with Gasteiger partial charge in [0.1, 0.15) is 18.8 Å². The van der Waals surface area contributed by atoms with Crippen molar-refractivity contribution in [3.63, 3.8) is 0 Å². The molecule has 0 spiro atoms. The zero-order chi connectivity index (χ0) is 16.7. The summed E-state index contributed by atoms with van der Waals surface area (Å²) in [7, 11) is 0. The molecule has 0 radical (unpaired) electrons. The third-order valence-corrected chi connectivity index (χ3v) is 3.11. The van der Waals surface area contributed by atoms with E-state index in [-0.39, 0.29) is 19.0 Å². The quantitative estimate of drug-likeness (QED) is 0.737. The minimum Gasteiger partial charge on any atom is -0.445 e. The molecule has 2 atom stereocenters. The van der Waals surface area contributed by atoms with Crippen molar-refractivity contribution in [1.82, 2.24) is 15.3 Å². The van der Waals surface area contributed by atoms with Gasteiger partial charge in [-0.15, -0.1) is 0 Å². The minimum atomic E-state index is -1.29. The summed E-state index contributed by atoms with van der Waals surface area (Å²) < 4.78 is 5.01. The van der Waals surface area contributed by atoms with E-state index in [1.54, 1.807) is 13.0 Å². The molecule has 7 heteroatoms. The van der Waals surface area contributed by atoms with Crippen molar-refractivity contribution in [2.24, 2.45) is 0 Å². The largest absolute Gasteiger partial charge is 0.445 e. The SMILES string of the molecule is Cc1ccnc(C(O)C(O)CNC(=O)OCc2ccccc2)n1. The van der Waals surface area contributed by atoms with E-state index in [0.29, 0.717) is 5.69 Å². The van der Waals surface area contributed by atoms with Crippen molar-refractivity contribution in [3.8, 4) is 0 Å². The first-order valence-electron chi connectivity index (χ1n) is 7.16. The second-order valence-electron chi connectivity index (χ2n) is 5.01. The van der Waals surface area contributed by atoms with E-state index in [0.717, 1.165) is 5.56 Å². The van der Waals surface area contributed by atoms with Gasteiger partial charge in [0.2, 0.25) is 0 Å². The average molecular weight is 317 g/mol. The number of benzene rings is 1. The van der Waals surface area contributed by atoms with Crippen LogP contribution in [0, 0.1) is 6.92 Å². The summed E-state index contributed by atoms with van der Waals surface area (Å²) in [4.78, 5) is 19.5. The summed E-state index contributed by atoms with van der Waals surface area (Å²) in [6.45, 7) is 1.71. The highest BCUT2D eigenvalue weighted by Gasteiger charge is 2.21. The second kappa shape index (κ2) is 8.21. The normalized spacial score (nSPS) is 13.2. The number of rotatable bonds is 6. The Balaban J connectivity index is 1.77. The van der Waals surface area contributed by atoms with Crippen LogP contribution >= 0.6 is 0 Å². The lowest BCUT2D eigenvalue weighted by molar-refractivity contribution is 0.0131. The van der Waals surface area contributed by atoms with Crippen LogP contribution in [0.15, 0.2) is 42.6 Å². The molecular weight excluding hydrogens is 298 g/mol. The van der Waals surface area contributed by atoms with Gasteiger partial charge in [-0.2, -0.15) is 0 Å². The van der Waals surface area contributed by atoms with Crippen molar-refractivity contribution >= 4 is 6.09 Å². The Bertz CT molecular complexity index is 636. The predicted molar refractivity (Wildman–Crippen MR) is 82.4 cm³/mol. The Morgan fingerprint density at radius 1 is 1.26 bits per heavy atom. The lowest BCUT2D eigenvalue weighted by atomic mass is 10.2. The van der Waals surface area contributed by atoms with E-state index in [4.69, 9.17) is 4.74 Å². The van der Waals surface area contributed by atoms with E-state index >= 15 is 0 Å². The maximum absolute atomic E-state index is 11.6. The van der Waals surface area contributed by atoms with Crippen LogP contribution in [-0.2, 0) is 11.3 Å². The molecule has 0 aliphatic heterocycles. The molecule has 0 aliphatic carbocycles. The van der Waals surface area contributed by atoms with Gasteiger partial charge in [-0.1, -0.05) is 30.3 Å². The molecule has 0 aliphatic rings. The lowest BCUT2D eigenvalue weighted by Crippen LogP contribution is -2.36. The molecule has 23 heavy (non-hydrogen) atoms. The second-order valence-corrected chi connectivity index (χ2v) is 5.01. The molecule has 2 rings (SSSR count). The molecule has 3 N–H and O–H groups in total. The first-order valence-corrected chi connectivity index (χ1v) is 7.16. The highest BCUT2D eigenvalue weighted by Crippen LogP contribution is 2.12. The van der Waals surface area contributed by atoms with Crippen molar-refractivity contribution in [3.05, 3.63) is 59.7 Å². The number of nitrogens with zero attached hydrogens (tertiary/aromatic N) is 2. The van der Waals surface area contributed by atoms with Gasteiger partial charge in [0.25, 0.3) is 0 Å². The first kappa shape index (κ1) is 16.9. The summed E-state index contributed by atoms with van der Waals surface area (Å²) in [6.07, 6.45) is -1.70. The molecule has 1 amide bonds. The Labute approximate surface area is 134 Å². The number of hydrogen-bond donors (Lipinski definition) is 3. The molecule has 1 aromatic carbocycles. The summed E-state index contributed by atoms with van der Waals surface area (Å²) in [5.41, 5.74) is 1.54. The van der Waals surface area contributed by atoms with Crippen molar-refractivity contribution in [1.29, 1.82) is 0 Å². The van der Waals surface area contributed by atoms with Gasteiger partial charge >= 0.3 is 6.09 Å². The number of hydrogen-bond acceptors (Lipinski definition) is 6. The Morgan fingerprint density at radius 3 is 2.70 bits per heavy atom. The molecule has 7 nitrogen and oxygen atoms in total. The summed E-state index contributed by atoms with van der Waals surface area (Å²) in [6, 6.07) is 10.9. The molecule has 0 saturated carbocycles. The third kappa shape index (κ3) is 5.32. The number of carbonyl (C=O) groups excluding carboxylic acids is 1. The van der Waals surface area contributed by atoms with E-state index < -0.39 is 18.3 Å². The maximum Gasteiger partial charge on any atom is 0.407 e. The number of carbonyl (C=O) groups is 1. The average Bonchev–Trinajstić information content (AvgIpc) is 2.58. The van der Waals surface area contributed by atoms with Crippen LogP contribution in [0.25, 0.3) is 0 Å². The zero-order valence-corrected chi connectivity index (χ0v) is 12.7. The fourth-order valence-electron chi connectivity index (χ4n) is 1.86. The van der Waals surface area contributed by atoms with E-state index in [9.17, 15) is 15.0 Å². The number of nitrogens with one attached hydrogen (secondary N) is 1. The van der Waals surface area contributed by atoms with Gasteiger partial charge in [0, 0.05) is 18.4 Å². The summed E-state index contributed by atoms with van der Waals surface area (Å²) >= 11 is 0. The van der Waals surface area contributed by atoms with Gasteiger partial charge in [-0.3, -0.25) is 0 Å². The molecular formula is C16H19N3O4. The molecule has 0 saturated heterocycles. The molecule has 1 aromatic heterocycles. The van der Waals surface area contributed by atoms with E-state index in [1.165, 1.54) is 6.20 Å². The Hall–Kier alpha value is -2.51. The zero-order valence-electron chi connectivity index (χ0n) is 12.7. The van der Waals surface area contributed by atoms with Crippen LogP contribution < -0.4 is 5.32 Å². The van der Waals surface area contributed by atoms with Crippen molar-refractivity contribution < 1.29 is 19.7 Å². The van der Waals surface area contributed by atoms with E-state index in [2.05, 4.69) is 15.3 Å². The molecule has 1 heterocycles. The number of aromatic nitrogens is 2. The topological polar surface area (TPSA) is 105 Å². The fraction of sp³-hybridized carbons (Fsp3) is 0.312. The van der Waals surface area contributed by atoms with Gasteiger partial charge in [0.05, 0.1) is 0 Å². The van der Waals surface area contributed by atoms with Crippen LogP contribution in [0.5, 0.6) is 0 Å². The summed E-state index contributed by atoms with van der Waals surface area (Å²) in [5.74, 6) is 0.108. The number of aryl methyl sites for hydroxylation is 1.